The second kappa shape index (κ2) is 3.32. The molecule has 3 heteroatoms. The molecule has 0 fully saturated rings. The molecular formula is C10H16N2O. The molecular weight excluding hydrogens is 164 g/mol. The summed E-state index contributed by atoms with van der Waals surface area (Å²) in [4.78, 5) is 11.2. The first-order chi connectivity index (χ1) is 5.95. The number of H-pyrrole nitrogens is 1. The molecule has 0 bridgehead atoms. The van der Waals surface area contributed by atoms with E-state index in [0.717, 1.165) is 17.7 Å². The van der Waals surface area contributed by atoms with Gasteiger partial charge in [0.05, 0.1) is 5.69 Å². The van der Waals surface area contributed by atoms with Gasteiger partial charge in [-0.15, -0.1) is 0 Å². The Kier molecular flexibility index (Phi) is 2.55. The van der Waals surface area contributed by atoms with E-state index in [9.17, 15) is 4.79 Å². The number of aromatic nitrogens is 2. The van der Waals surface area contributed by atoms with Crippen LogP contribution in [0, 0.1) is 0 Å². The SMILES string of the molecule is CCc1cc(C(C)(C)C)n[nH]c1=O. The molecule has 1 aromatic rings. The zero-order chi connectivity index (χ0) is 10.1. The number of hydrogen-bond donors (Lipinski definition) is 1. The third-order valence-corrected chi connectivity index (χ3v) is 2.03. The lowest BCUT2D eigenvalue weighted by Gasteiger charge is -2.17. The topological polar surface area (TPSA) is 45.8 Å². The zero-order valence-corrected chi connectivity index (χ0v) is 8.64. The van der Waals surface area contributed by atoms with E-state index in [4.69, 9.17) is 0 Å². The van der Waals surface area contributed by atoms with Gasteiger partial charge < -0.3 is 0 Å². The fraction of sp³-hybridized carbons (Fsp3) is 0.600. The van der Waals surface area contributed by atoms with Gasteiger partial charge in [-0.25, -0.2) is 5.10 Å². The molecule has 3 nitrogen and oxygen atoms in total. The van der Waals surface area contributed by atoms with Crippen molar-refractivity contribution >= 4 is 0 Å². The summed E-state index contributed by atoms with van der Waals surface area (Å²) in [5.41, 5.74) is 1.66. The molecule has 1 aromatic heterocycles. The Balaban J connectivity index is 3.22. The number of nitrogens with one attached hydrogen (secondary N) is 1. The summed E-state index contributed by atoms with van der Waals surface area (Å²) in [5.74, 6) is 0. The van der Waals surface area contributed by atoms with E-state index in [1.54, 1.807) is 0 Å². The second-order valence-corrected chi connectivity index (χ2v) is 4.21. The summed E-state index contributed by atoms with van der Waals surface area (Å²) in [6.45, 7) is 8.20. The van der Waals surface area contributed by atoms with Crippen LogP contribution in [0.15, 0.2) is 10.9 Å². The number of aryl methyl sites for hydroxylation is 1. The maximum atomic E-state index is 11.2. The van der Waals surface area contributed by atoms with Crippen molar-refractivity contribution in [3.63, 3.8) is 0 Å². The van der Waals surface area contributed by atoms with Gasteiger partial charge in [-0.1, -0.05) is 27.7 Å². The fourth-order valence-corrected chi connectivity index (χ4v) is 1.09. The molecule has 1 N–H and O–H groups in total. The quantitative estimate of drug-likeness (QED) is 0.714. The van der Waals surface area contributed by atoms with Crippen molar-refractivity contribution in [2.45, 2.75) is 39.5 Å². The first kappa shape index (κ1) is 9.96. The van der Waals surface area contributed by atoms with Crippen molar-refractivity contribution in [1.29, 1.82) is 0 Å². The minimum Gasteiger partial charge on any atom is -0.268 e. The van der Waals surface area contributed by atoms with Gasteiger partial charge in [0.2, 0.25) is 0 Å². The Bertz CT molecular complexity index is 347. The average molecular weight is 180 g/mol. The minimum absolute atomic E-state index is 0.00583. The van der Waals surface area contributed by atoms with E-state index in [1.165, 1.54) is 0 Å². The standard InChI is InChI=1S/C10H16N2O/c1-5-7-6-8(10(2,3)4)11-12-9(7)13/h6H,5H2,1-4H3,(H,12,13). The Morgan fingerprint density at radius 3 is 2.54 bits per heavy atom. The van der Waals surface area contributed by atoms with E-state index < -0.39 is 0 Å². The highest BCUT2D eigenvalue weighted by Gasteiger charge is 2.16. The van der Waals surface area contributed by atoms with Crippen LogP contribution in [0.3, 0.4) is 0 Å². The first-order valence-corrected chi connectivity index (χ1v) is 4.54. The molecule has 0 saturated heterocycles. The highest BCUT2D eigenvalue weighted by Crippen LogP contribution is 2.18. The summed E-state index contributed by atoms with van der Waals surface area (Å²) in [7, 11) is 0. The molecule has 1 heterocycles. The number of hydrogen-bond acceptors (Lipinski definition) is 2. The molecule has 0 spiro atoms. The summed E-state index contributed by atoms with van der Waals surface area (Å²) >= 11 is 0. The van der Waals surface area contributed by atoms with E-state index in [0.29, 0.717) is 0 Å². The third kappa shape index (κ3) is 2.17. The van der Waals surface area contributed by atoms with Crippen molar-refractivity contribution in [2.24, 2.45) is 0 Å². The number of nitrogens with zero attached hydrogens (tertiary/aromatic N) is 1. The van der Waals surface area contributed by atoms with Crippen molar-refractivity contribution in [3.8, 4) is 0 Å². The summed E-state index contributed by atoms with van der Waals surface area (Å²) in [5, 5.41) is 6.54. The lowest BCUT2D eigenvalue weighted by molar-refractivity contribution is 0.555. The van der Waals surface area contributed by atoms with Gasteiger partial charge in [-0.2, -0.15) is 5.10 Å². The van der Waals surface area contributed by atoms with Gasteiger partial charge in [-0.05, 0) is 12.5 Å². The van der Waals surface area contributed by atoms with E-state index in [-0.39, 0.29) is 11.0 Å². The van der Waals surface area contributed by atoms with Crippen LogP contribution in [-0.4, -0.2) is 10.2 Å². The predicted octanol–water partition coefficient (Wildman–Crippen LogP) is 1.63. The smallest absolute Gasteiger partial charge is 0.267 e. The highest BCUT2D eigenvalue weighted by atomic mass is 16.1. The van der Waals surface area contributed by atoms with Gasteiger partial charge in [0.15, 0.2) is 0 Å². The molecule has 0 aromatic carbocycles. The van der Waals surface area contributed by atoms with Crippen molar-refractivity contribution in [2.75, 3.05) is 0 Å². The van der Waals surface area contributed by atoms with Gasteiger partial charge in [0, 0.05) is 11.0 Å². The molecule has 0 amide bonds. The summed E-state index contributed by atoms with van der Waals surface area (Å²) in [6.07, 6.45) is 0.751. The summed E-state index contributed by atoms with van der Waals surface area (Å²) < 4.78 is 0. The minimum atomic E-state index is -0.0736. The highest BCUT2D eigenvalue weighted by molar-refractivity contribution is 5.18. The molecule has 0 unspecified atom stereocenters. The van der Waals surface area contributed by atoms with E-state index in [2.05, 4.69) is 31.0 Å². The van der Waals surface area contributed by atoms with Crippen molar-refractivity contribution < 1.29 is 0 Å². The van der Waals surface area contributed by atoms with Gasteiger partial charge in [0.1, 0.15) is 0 Å². The van der Waals surface area contributed by atoms with Gasteiger partial charge in [0.25, 0.3) is 5.56 Å². The van der Waals surface area contributed by atoms with Gasteiger partial charge in [-0.3, -0.25) is 4.79 Å². The largest absolute Gasteiger partial charge is 0.268 e. The van der Waals surface area contributed by atoms with Crippen molar-refractivity contribution in [1.82, 2.24) is 10.2 Å². The Morgan fingerprint density at radius 1 is 1.46 bits per heavy atom. The number of aromatic amines is 1. The lowest BCUT2D eigenvalue weighted by atomic mass is 9.91. The molecule has 13 heavy (non-hydrogen) atoms. The molecule has 0 atom stereocenters. The Hall–Kier alpha value is -1.12. The molecule has 72 valence electrons. The maximum absolute atomic E-state index is 11.2. The van der Waals surface area contributed by atoms with Crippen LogP contribution in [0.4, 0.5) is 0 Å². The van der Waals surface area contributed by atoms with Gasteiger partial charge >= 0.3 is 0 Å². The Labute approximate surface area is 78.2 Å². The molecule has 1 rings (SSSR count). The third-order valence-electron chi connectivity index (χ3n) is 2.03. The summed E-state index contributed by atoms with van der Waals surface area (Å²) in [6, 6.07) is 1.89. The zero-order valence-electron chi connectivity index (χ0n) is 8.64. The molecule has 0 aliphatic rings. The van der Waals surface area contributed by atoms with E-state index in [1.807, 2.05) is 13.0 Å². The molecule has 0 aliphatic carbocycles. The van der Waals surface area contributed by atoms with Crippen LogP contribution in [0.5, 0.6) is 0 Å². The molecule has 0 radical (unpaired) electrons. The van der Waals surface area contributed by atoms with Crippen molar-refractivity contribution in [3.05, 3.63) is 27.7 Å². The van der Waals surface area contributed by atoms with Crippen LogP contribution < -0.4 is 5.56 Å². The van der Waals surface area contributed by atoms with Crippen LogP contribution in [0.2, 0.25) is 0 Å². The number of rotatable bonds is 1. The van der Waals surface area contributed by atoms with Crippen LogP contribution >= 0.6 is 0 Å². The molecule has 0 aliphatic heterocycles. The lowest BCUT2D eigenvalue weighted by Crippen LogP contribution is -2.21. The van der Waals surface area contributed by atoms with Crippen LogP contribution in [-0.2, 0) is 11.8 Å². The second-order valence-electron chi connectivity index (χ2n) is 4.21. The van der Waals surface area contributed by atoms with Crippen LogP contribution in [0.1, 0.15) is 39.0 Å². The van der Waals surface area contributed by atoms with Crippen LogP contribution in [0.25, 0.3) is 0 Å². The molecule has 0 saturated carbocycles. The Morgan fingerprint density at radius 2 is 2.08 bits per heavy atom. The average Bonchev–Trinajstić information content (AvgIpc) is 2.03. The maximum Gasteiger partial charge on any atom is 0.267 e. The normalized spacial score (nSPS) is 11.7. The monoisotopic (exact) mass is 180 g/mol. The first-order valence-electron chi connectivity index (χ1n) is 4.54. The predicted molar refractivity (Wildman–Crippen MR) is 52.9 cm³/mol. The van der Waals surface area contributed by atoms with E-state index >= 15 is 0 Å². The fourth-order valence-electron chi connectivity index (χ4n) is 1.09.